The van der Waals surface area contributed by atoms with Gasteiger partial charge in [-0.25, -0.2) is 9.37 Å². The van der Waals surface area contributed by atoms with Crippen LogP contribution in [0.2, 0.25) is 5.15 Å². The number of aryl methyl sites for hydroxylation is 1. The van der Waals surface area contributed by atoms with Gasteiger partial charge in [0.05, 0.1) is 5.69 Å². The topological polar surface area (TPSA) is 30.0 Å². The fourth-order valence-corrected chi connectivity index (χ4v) is 2.17. The van der Waals surface area contributed by atoms with Crippen molar-refractivity contribution >= 4 is 17.9 Å². The minimum Gasteiger partial charge on any atom is -0.303 e. The van der Waals surface area contributed by atoms with E-state index in [1.54, 1.807) is 6.92 Å². The number of aromatic nitrogens is 1. The Bertz CT molecular complexity index is 406. The molecule has 4 heteroatoms. The standard InChI is InChI=1S/C10H9ClFNO/c1-5-9(12)7-2-6(4-14)3-8(7)10(11)13-5/h4,6H,2-3H2,1H3. The first kappa shape index (κ1) is 9.59. The van der Waals surface area contributed by atoms with E-state index in [0.717, 1.165) is 6.29 Å². The summed E-state index contributed by atoms with van der Waals surface area (Å²) in [5.74, 6) is -0.450. The molecule has 0 fully saturated rings. The molecular weight excluding hydrogens is 205 g/mol. The van der Waals surface area contributed by atoms with Crippen molar-refractivity contribution in [3.8, 4) is 0 Å². The lowest BCUT2D eigenvalue weighted by molar-refractivity contribution is -0.110. The van der Waals surface area contributed by atoms with Gasteiger partial charge in [-0.15, -0.1) is 0 Å². The molecule has 0 radical (unpaired) electrons. The molecule has 0 aliphatic heterocycles. The van der Waals surface area contributed by atoms with Crippen LogP contribution < -0.4 is 0 Å². The Balaban J connectivity index is 2.55. The summed E-state index contributed by atoms with van der Waals surface area (Å²) in [5, 5.41) is 0.336. The Morgan fingerprint density at radius 2 is 2.14 bits per heavy atom. The first-order valence-corrected chi connectivity index (χ1v) is 4.80. The Labute approximate surface area is 86.1 Å². The first-order valence-electron chi connectivity index (χ1n) is 4.42. The molecular formula is C10H9ClFNO. The maximum absolute atomic E-state index is 13.6. The van der Waals surface area contributed by atoms with Crippen molar-refractivity contribution in [1.82, 2.24) is 4.98 Å². The van der Waals surface area contributed by atoms with E-state index in [1.807, 2.05) is 0 Å². The zero-order valence-electron chi connectivity index (χ0n) is 7.68. The van der Waals surface area contributed by atoms with Gasteiger partial charge in [0.2, 0.25) is 0 Å². The lowest BCUT2D eigenvalue weighted by Crippen LogP contribution is -2.00. The molecule has 1 aliphatic rings. The molecule has 2 rings (SSSR count). The lowest BCUT2D eigenvalue weighted by Gasteiger charge is -2.04. The molecule has 1 unspecified atom stereocenters. The van der Waals surface area contributed by atoms with Gasteiger partial charge in [-0.05, 0) is 30.9 Å². The summed E-state index contributed by atoms with van der Waals surface area (Å²) in [6.07, 6.45) is 1.82. The predicted octanol–water partition coefficient (Wildman–Crippen LogP) is 2.10. The summed E-state index contributed by atoms with van der Waals surface area (Å²) < 4.78 is 13.6. The van der Waals surface area contributed by atoms with Crippen LogP contribution in [0.5, 0.6) is 0 Å². The fraction of sp³-hybridized carbons (Fsp3) is 0.400. The van der Waals surface area contributed by atoms with Gasteiger partial charge in [-0.2, -0.15) is 0 Å². The molecule has 0 aromatic carbocycles. The number of nitrogens with zero attached hydrogens (tertiary/aromatic N) is 1. The van der Waals surface area contributed by atoms with E-state index in [9.17, 15) is 9.18 Å². The minimum atomic E-state index is -0.311. The summed E-state index contributed by atoms with van der Waals surface area (Å²) in [4.78, 5) is 14.5. The third-order valence-corrected chi connectivity index (χ3v) is 2.90. The third kappa shape index (κ3) is 1.32. The largest absolute Gasteiger partial charge is 0.303 e. The zero-order valence-corrected chi connectivity index (χ0v) is 8.44. The molecule has 1 heterocycles. The van der Waals surface area contributed by atoms with Gasteiger partial charge in [0.15, 0.2) is 0 Å². The average molecular weight is 214 g/mol. The molecule has 0 amide bonds. The van der Waals surface area contributed by atoms with Crippen LogP contribution in [0, 0.1) is 18.7 Å². The summed E-state index contributed by atoms with van der Waals surface area (Å²) >= 11 is 5.88. The molecule has 0 saturated heterocycles. The summed E-state index contributed by atoms with van der Waals surface area (Å²) in [7, 11) is 0. The quantitative estimate of drug-likeness (QED) is 0.528. The monoisotopic (exact) mass is 213 g/mol. The van der Waals surface area contributed by atoms with Crippen molar-refractivity contribution in [3.63, 3.8) is 0 Å². The SMILES string of the molecule is Cc1nc(Cl)c2c(c1F)CC(C=O)C2. The summed E-state index contributed by atoms with van der Waals surface area (Å²) in [6.45, 7) is 1.58. The van der Waals surface area contributed by atoms with E-state index < -0.39 is 0 Å². The molecule has 0 bridgehead atoms. The predicted molar refractivity (Wildman–Crippen MR) is 50.9 cm³/mol. The van der Waals surface area contributed by atoms with E-state index >= 15 is 0 Å². The van der Waals surface area contributed by atoms with Gasteiger partial charge in [-0.1, -0.05) is 11.6 Å². The number of rotatable bonds is 1. The highest BCUT2D eigenvalue weighted by atomic mass is 35.5. The average Bonchev–Trinajstić information content (AvgIpc) is 2.58. The van der Waals surface area contributed by atoms with Crippen LogP contribution in [0.1, 0.15) is 16.8 Å². The number of hydrogen-bond acceptors (Lipinski definition) is 2. The Kier molecular flexibility index (Phi) is 2.27. The van der Waals surface area contributed by atoms with Crippen molar-refractivity contribution in [1.29, 1.82) is 0 Å². The van der Waals surface area contributed by atoms with Gasteiger partial charge < -0.3 is 4.79 Å². The van der Waals surface area contributed by atoms with E-state index in [-0.39, 0.29) is 11.7 Å². The number of fused-ring (bicyclic) bond motifs is 1. The maximum Gasteiger partial charge on any atom is 0.147 e. The molecule has 14 heavy (non-hydrogen) atoms. The zero-order chi connectivity index (χ0) is 10.3. The fourth-order valence-electron chi connectivity index (χ4n) is 1.85. The molecule has 0 spiro atoms. The molecule has 1 aromatic rings. The van der Waals surface area contributed by atoms with Crippen LogP contribution in [-0.2, 0) is 17.6 Å². The molecule has 74 valence electrons. The minimum absolute atomic E-state index is 0.138. The lowest BCUT2D eigenvalue weighted by atomic mass is 10.1. The Morgan fingerprint density at radius 1 is 1.50 bits per heavy atom. The summed E-state index contributed by atoms with van der Waals surface area (Å²) in [6, 6.07) is 0. The van der Waals surface area contributed by atoms with Crippen LogP contribution in [-0.4, -0.2) is 11.3 Å². The second kappa shape index (κ2) is 3.31. The van der Waals surface area contributed by atoms with Gasteiger partial charge in [0.25, 0.3) is 0 Å². The molecule has 1 atom stereocenters. The highest BCUT2D eigenvalue weighted by molar-refractivity contribution is 6.30. The van der Waals surface area contributed by atoms with Gasteiger partial charge >= 0.3 is 0 Å². The molecule has 1 aromatic heterocycles. The van der Waals surface area contributed by atoms with Crippen LogP contribution in [0.3, 0.4) is 0 Å². The smallest absolute Gasteiger partial charge is 0.147 e. The number of aldehydes is 1. The molecule has 1 aliphatic carbocycles. The maximum atomic E-state index is 13.6. The normalized spacial score (nSPS) is 19.5. The molecule has 0 N–H and O–H groups in total. The van der Waals surface area contributed by atoms with Gasteiger partial charge in [0, 0.05) is 5.92 Å². The van der Waals surface area contributed by atoms with E-state index in [0.29, 0.717) is 34.8 Å². The second-order valence-electron chi connectivity index (χ2n) is 3.56. The second-order valence-corrected chi connectivity index (χ2v) is 3.92. The van der Waals surface area contributed by atoms with Crippen molar-refractivity contribution in [2.45, 2.75) is 19.8 Å². The van der Waals surface area contributed by atoms with E-state index in [2.05, 4.69) is 4.98 Å². The Morgan fingerprint density at radius 3 is 2.79 bits per heavy atom. The van der Waals surface area contributed by atoms with Crippen molar-refractivity contribution in [2.75, 3.05) is 0 Å². The van der Waals surface area contributed by atoms with Crippen LogP contribution in [0.25, 0.3) is 0 Å². The number of pyridine rings is 1. The van der Waals surface area contributed by atoms with Crippen molar-refractivity contribution in [3.05, 3.63) is 27.8 Å². The van der Waals surface area contributed by atoms with Crippen molar-refractivity contribution in [2.24, 2.45) is 5.92 Å². The number of hydrogen-bond donors (Lipinski definition) is 0. The molecule has 2 nitrogen and oxygen atoms in total. The van der Waals surface area contributed by atoms with Crippen LogP contribution >= 0.6 is 11.6 Å². The number of carbonyl (C=O) groups is 1. The van der Waals surface area contributed by atoms with Gasteiger partial charge in [0.1, 0.15) is 17.3 Å². The molecule has 0 saturated carbocycles. The number of halogens is 2. The summed E-state index contributed by atoms with van der Waals surface area (Å²) in [5.41, 5.74) is 1.58. The third-order valence-electron chi connectivity index (χ3n) is 2.59. The highest BCUT2D eigenvalue weighted by Crippen LogP contribution is 2.32. The van der Waals surface area contributed by atoms with Crippen molar-refractivity contribution < 1.29 is 9.18 Å². The van der Waals surface area contributed by atoms with Crippen LogP contribution in [0.15, 0.2) is 0 Å². The Hall–Kier alpha value is -0.960. The first-order chi connectivity index (χ1) is 6.63. The van der Waals surface area contributed by atoms with Gasteiger partial charge in [-0.3, -0.25) is 0 Å². The van der Waals surface area contributed by atoms with E-state index in [4.69, 9.17) is 11.6 Å². The highest BCUT2D eigenvalue weighted by Gasteiger charge is 2.27. The number of carbonyl (C=O) groups excluding carboxylic acids is 1. The van der Waals surface area contributed by atoms with Crippen LogP contribution in [0.4, 0.5) is 4.39 Å². The van der Waals surface area contributed by atoms with E-state index in [1.165, 1.54) is 0 Å².